The standard InChI is InChI=1S/C15H15NO4/c17-13(9-10-5-1-2-6-10)20-16-14(18)11-7-3-4-8-12(11)15(16)19/h3-4,7-8,10H,1-2,5-6,9H2. The van der Waals surface area contributed by atoms with Gasteiger partial charge < -0.3 is 4.84 Å². The van der Waals surface area contributed by atoms with Crippen LogP contribution < -0.4 is 0 Å². The molecule has 2 amide bonds. The van der Waals surface area contributed by atoms with Gasteiger partial charge in [0.1, 0.15) is 0 Å². The summed E-state index contributed by atoms with van der Waals surface area (Å²) in [5.41, 5.74) is 0.567. The Balaban J connectivity index is 1.68. The van der Waals surface area contributed by atoms with E-state index in [1.54, 1.807) is 24.3 Å². The van der Waals surface area contributed by atoms with E-state index in [0.717, 1.165) is 25.7 Å². The molecule has 0 spiro atoms. The Hall–Kier alpha value is -2.17. The molecule has 0 aromatic heterocycles. The highest BCUT2D eigenvalue weighted by Gasteiger charge is 2.38. The third-order valence-corrected chi connectivity index (χ3v) is 3.88. The monoisotopic (exact) mass is 273 g/mol. The van der Waals surface area contributed by atoms with Gasteiger partial charge in [-0.1, -0.05) is 30.0 Å². The summed E-state index contributed by atoms with van der Waals surface area (Å²) in [4.78, 5) is 40.8. The van der Waals surface area contributed by atoms with E-state index in [9.17, 15) is 14.4 Å². The average molecular weight is 273 g/mol. The van der Waals surface area contributed by atoms with Crippen LogP contribution >= 0.6 is 0 Å². The van der Waals surface area contributed by atoms with Crippen LogP contribution in [0.5, 0.6) is 0 Å². The summed E-state index contributed by atoms with van der Waals surface area (Å²) in [7, 11) is 0. The number of nitrogens with zero attached hydrogens (tertiary/aromatic N) is 1. The van der Waals surface area contributed by atoms with E-state index in [-0.39, 0.29) is 17.5 Å². The van der Waals surface area contributed by atoms with E-state index < -0.39 is 17.8 Å². The maximum absolute atomic E-state index is 12.0. The SMILES string of the molecule is O=C(CC1CCCC1)ON1C(=O)c2ccccc2C1=O. The van der Waals surface area contributed by atoms with E-state index in [2.05, 4.69) is 0 Å². The average Bonchev–Trinajstić information content (AvgIpc) is 3.03. The first-order valence-corrected chi connectivity index (χ1v) is 6.85. The van der Waals surface area contributed by atoms with Crippen molar-refractivity contribution in [1.82, 2.24) is 5.06 Å². The predicted octanol–water partition coefficient (Wildman–Crippen LogP) is 2.32. The van der Waals surface area contributed by atoms with Gasteiger partial charge in [0.25, 0.3) is 11.8 Å². The lowest BCUT2D eigenvalue weighted by Crippen LogP contribution is -2.33. The fourth-order valence-corrected chi connectivity index (χ4v) is 2.84. The highest BCUT2D eigenvalue weighted by Crippen LogP contribution is 2.29. The summed E-state index contributed by atoms with van der Waals surface area (Å²) in [5, 5.41) is 0.585. The van der Waals surface area contributed by atoms with Crippen molar-refractivity contribution >= 4 is 17.8 Å². The second-order valence-corrected chi connectivity index (χ2v) is 5.27. The molecule has 1 aliphatic carbocycles. The molecule has 1 aromatic carbocycles. The van der Waals surface area contributed by atoms with Crippen LogP contribution in [-0.4, -0.2) is 22.8 Å². The van der Waals surface area contributed by atoms with Crippen molar-refractivity contribution in [2.24, 2.45) is 5.92 Å². The van der Waals surface area contributed by atoms with Crippen molar-refractivity contribution < 1.29 is 19.2 Å². The molecule has 1 aromatic rings. The van der Waals surface area contributed by atoms with Crippen molar-refractivity contribution in [3.63, 3.8) is 0 Å². The molecular formula is C15H15NO4. The van der Waals surface area contributed by atoms with Gasteiger partial charge in [-0.05, 0) is 30.9 Å². The first kappa shape index (κ1) is 12.8. The van der Waals surface area contributed by atoms with Crippen LogP contribution in [0.2, 0.25) is 0 Å². The van der Waals surface area contributed by atoms with Crippen molar-refractivity contribution in [3.05, 3.63) is 35.4 Å². The molecule has 0 atom stereocenters. The van der Waals surface area contributed by atoms with E-state index in [0.29, 0.717) is 11.0 Å². The molecule has 20 heavy (non-hydrogen) atoms. The molecule has 1 saturated carbocycles. The molecule has 0 N–H and O–H groups in total. The Morgan fingerprint density at radius 2 is 1.65 bits per heavy atom. The zero-order valence-corrected chi connectivity index (χ0v) is 11.0. The highest BCUT2D eigenvalue weighted by atomic mass is 16.7. The zero-order valence-electron chi connectivity index (χ0n) is 11.0. The van der Waals surface area contributed by atoms with Gasteiger partial charge in [0.15, 0.2) is 0 Å². The van der Waals surface area contributed by atoms with Crippen LogP contribution in [0.25, 0.3) is 0 Å². The Kier molecular flexibility index (Phi) is 3.26. The smallest absolute Gasteiger partial charge is 0.330 e. The molecule has 3 rings (SSSR count). The molecule has 1 heterocycles. The Morgan fingerprint density at radius 1 is 1.10 bits per heavy atom. The largest absolute Gasteiger partial charge is 0.333 e. The maximum atomic E-state index is 12.0. The molecule has 1 aliphatic heterocycles. The second-order valence-electron chi connectivity index (χ2n) is 5.27. The molecule has 2 aliphatic rings. The lowest BCUT2D eigenvalue weighted by molar-refractivity contribution is -0.169. The minimum atomic E-state index is -0.564. The number of benzene rings is 1. The van der Waals surface area contributed by atoms with Gasteiger partial charge >= 0.3 is 5.97 Å². The zero-order chi connectivity index (χ0) is 14.1. The number of amides is 2. The number of carbonyl (C=O) groups excluding carboxylic acids is 3. The molecule has 104 valence electrons. The second kappa shape index (κ2) is 5.07. The van der Waals surface area contributed by atoms with Crippen LogP contribution in [0.3, 0.4) is 0 Å². The van der Waals surface area contributed by atoms with E-state index in [1.165, 1.54) is 0 Å². The Bertz CT molecular complexity index is 540. The maximum Gasteiger partial charge on any atom is 0.333 e. The lowest BCUT2D eigenvalue weighted by Gasteiger charge is -2.14. The van der Waals surface area contributed by atoms with Crippen molar-refractivity contribution in [2.45, 2.75) is 32.1 Å². The van der Waals surface area contributed by atoms with Crippen LogP contribution in [-0.2, 0) is 9.63 Å². The summed E-state index contributed by atoms with van der Waals surface area (Å²) >= 11 is 0. The number of hydroxylamine groups is 2. The first-order chi connectivity index (χ1) is 9.66. The highest BCUT2D eigenvalue weighted by molar-refractivity contribution is 6.20. The molecule has 0 bridgehead atoms. The quantitative estimate of drug-likeness (QED) is 0.793. The molecule has 1 fully saturated rings. The number of fused-ring (bicyclic) bond motifs is 1. The van der Waals surface area contributed by atoms with Gasteiger partial charge in [0.05, 0.1) is 17.5 Å². The predicted molar refractivity (Wildman–Crippen MR) is 69.6 cm³/mol. The molecule has 5 nitrogen and oxygen atoms in total. The number of hydrogen-bond acceptors (Lipinski definition) is 4. The number of rotatable bonds is 3. The lowest BCUT2D eigenvalue weighted by atomic mass is 10.1. The van der Waals surface area contributed by atoms with Gasteiger partial charge in [-0.3, -0.25) is 9.59 Å². The molecule has 0 saturated heterocycles. The van der Waals surface area contributed by atoms with Crippen LogP contribution in [0.15, 0.2) is 24.3 Å². The summed E-state index contributed by atoms with van der Waals surface area (Å²) < 4.78 is 0. The normalized spacial score (nSPS) is 18.5. The molecule has 5 heteroatoms. The molecule has 0 radical (unpaired) electrons. The van der Waals surface area contributed by atoms with Gasteiger partial charge in [0.2, 0.25) is 0 Å². The van der Waals surface area contributed by atoms with E-state index in [4.69, 9.17) is 4.84 Å². The minimum Gasteiger partial charge on any atom is -0.330 e. The summed E-state index contributed by atoms with van der Waals surface area (Å²) in [6.07, 6.45) is 4.55. The minimum absolute atomic E-state index is 0.271. The third-order valence-electron chi connectivity index (χ3n) is 3.88. The van der Waals surface area contributed by atoms with Crippen LogP contribution in [0.4, 0.5) is 0 Å². The first-order valence-electron chi connectivity index (χ1n) is 6.85. The number of hydrogen-bond donors (Lipinski definition) is 0. The van der Waals surface area contributed by atoms with Crippen LogP contribution in [0.1, 0.15) is 52.8 Å². The fraction of sp³-hybridized carbons (Fsp3) is 0.400. The van der Waals surface area contributed by atoms with E-state index >= 15 is 0 Å². The van der Waals surface area contributed by atoms with Crippen molar-refractivity contribution in [3.8, 4) is 0 Å². The summed E-state index contributed by atoms with van der Waals surface area (Å²) in [6, 6.07) is 6.46. The number of carbonyl (C=O) groups is 3. The van der Waals surface area contributed by atoms with Gasteiger partial charge in [0, 0.05) is 0 Å². The summed E-state index contributed by atoms with van der Waals surface area (Å²) in [5.74, 6) is -1.32. The fourth-order valence-electron chi connectivity index (χ4n) is 2.84. The Morgan fingerprint density at radius 3 is 2.20 bits per heavy atom. The van der Waals surface area contributed by atoms with Crippen LogP contribution in [0, 0.1) is 5.92 Å². The molecule has 0 unspecified atom stereocenters. The van der Waals surface area contributed by atoms with E-state index in [1.807, 2.05) is 0 Å². The Labute approximate surface area is 116 Å². The van der Waals surface area contributed by atoms with Crippen molar-refractivity contribution in [2.75, 3.05) is 0 Å². The topological polar surface area (TPSA) is 63.7 Å². The number of imide groups is 1. The van der Waals surface area contributed by atoms with Gasteiger partial charge in [-0.25, -0.2) is 4.79 Å². The summed E-state index contributed by atoms with van der Waals surface area (Å²) in [6.45, 7) is 0. The molecular weight excluding hydrogens is 258 g/mol. The van der Waals surface area contributed by atoms with Gasteiger partial charge in [-0.15, -0.1) is 0 Å². The van der Waals surface area contributed by atoms with Crippen molar-refractivity contribution in [1.29, 1.82) is 0 Å². The third kappa shape index (κ3) is 2.19. The van der Waals surface area contributed by atoms with Gasteiger partial charge in [-0.2, -0.15) is 0 Å².